The van der Waals surface area contributed by atoms with Crippen molar-refractivity contribution >= 4 is 0 Å². The molecule has 2 N–H and O–H groups in total. The van der Waals surface area contributed by atoms with Gasteiger partial charge in [-0.2, -0.15) is 0 Å². The van der Waals surface area contributed by atoms with Crippen LogP contribution in [-0.4, -0.2) is 22.9 Å². The van der Waals surface area contributed by atoms with Crippen LogP contribution in [0.25, 0.3) is 0 Å². The van der Waals surface area contributed by atoms with Gasteiger partial charge in [0.25, 0.3) is 0 Å². The first-order chi connectivity index (χ1) is 3.77. The van der Waals surface area contributed by atoms with Crippen LogP contribution in [0.1, 0.15) is 13.3 Å². The van der Waals surface area contributed by atoms with Crippen LogP contribution in [0.2, 0.25) is 0 Å². The molecule has 2 nitrogen and oxygen atoms in total. The molecule has 0 spiro atoms. The molecule has 2 heteroatoms. The van der Waals surface area contributed by atoms with Crippen LogP contribution in [0.15, 0.2) is 12.2 Å². The number of aliphatic hydroxyl groups excluding tert-OH is 2. The average Bonchev–Trinajstić information content (AvgIpc) is 1.66. The lowest BCUT2D eigenvalue weighted by atomic mass is 10.3. The molecule has 1 unspecified atom stereocenters. The van der Waals surface area contributed by atoms with Gasteiger partial charge < -0.3 is 10.2 Å². The second-order valence-corrected chi connectivity index (χ2v) is 1.74. The van der Waals surface area contributed by atoms with Crippen LogP contribution >= 0.6 is 0 Å². The number of rotatable bonds is 3. The van der Waals surface area contributed by atoms with E-state index in [1.54, 1.807) is 19.1 Å². The maximum atomic E-state index is 8.65. The third-order valence-corrected chi connectivity index (χ3v) is 0.749. The smallest absolute Gasteiger partial charge is 0.0612 e. The molecule has 0 bridgehead atoms. The maximum Gasteiger partial charge on any atom is 0.0612 e. The minimum atomic E-state index is -0.294. The van der Waals surface area contributed by atoms with E-state index >= 15 is 0 Å². The summed E-state index contributed by atoms with van der Waals surface area (Å²) in [4.78, 5) is 0. The standard InChI is InChI=1S/C6H12O2/c1-6(8)4-2-3-5-7/h2-3,6-8H,4-5H2,1H3/b3-2+. The summed E-state index contributed by atoms with van der Waals surface area (Å²) in [5, 5.41) is 16.9. The SMILES string of the molecule is CC(O)C/C=C/CO. The first-order valence-electron chi connectivity index (χ1n) is 2.71. The van der Waals surface area contributed by atoms with Gasteiger partial charge in [-0.1, -0.05) is 12.2 Å². The fraction of sp³-hybridized carbons (Fsp3) is 0.667. The molecule has 0 radical (unpaired) electrons. The zero-order valence-corrected chi connectivity index (χ0v) is 5.04. The highest BCUT2D eigenvalue weighted by molar-refractivity contribution is 4.81. The Morgan fingerprint density at radius 1 is 1.50 bits per heavy atom. The summed E-state index contributed by atoms with van der Waals surface area (Å²) < 4.78 is 0. The van der Waals surface area contributed by atoms with Crippen molar-refractivity contribution in [3.63, 3.8) is 0 Å². The van der Waals surface area contributed by atoms with Crippen LogP contribution in [0.4, 0.5) is 0 Å². The van der Waals surface area contributed by atoms with Gasteiger partial charge in [-0.25, -0.2) is 0 Å². The first-order valence-corrected chi connectivity index (χ1v) is 2.71. The molecular formula is C6H12O2. The van der Waals surface area contributed by atoms with E-state index in [1.807, 2.05) is 0 Å². The Kier molecular flexibility index (Phi) is 4.61. The molecule has 0 aliphatic heterocycles. The monoisotopic (exact) mass is 116 g/mol. The van der Waals surface area contributed by atoms with Gasteiger partial charge in [0.2, 0.25) is 0 Å². The van der Waals surface area contributed by atoms with Crippen molar-refractivity contribution in [2.75, 3.05) is 6.61 Å². The number of hydrogen-bond donors (Lipinski definition) is 2. The second-order valence-electron chi connectivity index (χ2n) is 1.74. The zero-order chi connectivity index (χ0) is 6.41. The zero-order valence-electron chi connectivity index (χ0n) is 5.04. The third-order valence-electron chi connectivity index (χ3n) is 0.749. The van der Waals surface area contributed by atoms with E-state index in [9.17, 15) is 0 Å². The molecule has 48 valence electrons. The fourth-order valence-electron chi connectivity index (χ4n) is 0.368. The highest BCUT2D eigenvalue weighted by Gasteiger charge is 1.86. The lowest BCUT2D eigenvalue weighted by Gasteiger charge is -1.94. The first kappa shape index (κ1) is 7.66. The van der Waals surface area contributed by atoms with Crippen molar-refractivity contribution in [1.82, 2.24) is 0 Å². The highest BCUT2D eigenvalue weighted by atomic mass is 16.3. The molecule has 0 heterocycles. The van der Waals surface area contributed by atoms with Crippen LogP contribution in [0.5, 0.6) is 0 Å². The average molecular weight is 116 g/mol. The van der Waals surface area contributed by atoms with Gasteiger partial charge in [0.1, 0.15) is 0 Å². The molecule has 0 aromatic heterocycles. The number of aliphatic hydroxyl groups is 2. The molecule has 0 saturated heterocycles. The molecule has 0 fully saturated rings. The molecule has 0 aromatic rings. The van der Waals surface area contributed by atoms with Gasteiger partial charge in [-0.3, -0.25) is 0 Å². The third kappa shape index (κ3) is 5.66. The largest absolute Gasteiger partial charge is 0.393 e. The predicted molar refractivity (Wildman–Crippen MR) is 32.5 cm³/mol. The predicted octanol–water partition coefficient (Wildman–Crippen LogP) is 0.306. The summed E-state index contributed by atoms with van der Waals surface area (Å²) in [5.41, 5.74) is 0. The Bertz CT molecular complexity index is 66.9. The van der Waals surface area contributed by atoms with Crippen molar-refractivity contribution in [3.8, 4) is 0 Å². The van der Waals surface area contributed by atoms with Gasteiger partial charge in [0.15, 0.2) is 0 Å². The van der Waals surface area contributed by atoms with Crippen LogP contribution in [0, 0.1) is 0 Å². The van der Waals surface area contributed by atoms with Crippen molar-refractivity contribution in [3.05, 3.63) is 12.2 Å². The molecule has 0 amide bonds. The summed E-state index contributed by atoms with van der Waals surface area (Å²) in [5.74, 6) is 0. The lowest BCUT2D eigenvalue weighted by molar-refractivity contribution is 0.198. The topological polar surface area (TPSA) is 40.5 Å². The van der Waals surface area contributed by atoms with Gasteiger partial charge in [0.05, 0.1) is 12.7 Å². The molecule has 0 aliphatic rings. The lowest BCUT2D eigenvalue weighted by Crippen LogP contribution is -1.95. The molecule has 8 heavy (non-hydrogen) atoms. The van der Waals surface area contributed by atoms with Crippen molar-refractivity contribution < 1.29 is 10.2 Å². The van der Waals surface area contributed by atoms with Crippen LogP contribution in [0.3, 0.4) is 0 Å². The van der Waals surface area contributed by atoms with Gasteiger partial charge in [0, 0.05) is 0 Å². The summed E-state index contributed by atoms with van der Waals surface area (Å²) in [6.07, 6.45) is 3.70. The van der Waals surface area contributed by atoms with Crippen molar-refractivity contribution in [1.29, 1.82) is 0 Å². The van der Waals surface area contributed by atoms with E-state index < -0.39 is 0 Å². The van der Waals surface area contributed by atoms with Crippen LogP contribution in [-0.2, 0) is 0 Å². The van der Waals surface area contributed by atoms with Crippen molar-refractivity contribution in [2.45, 2.75) is 19.4 Å². The molecule has 0 saturated carbocycles. The maximum absolute atomic E-state index is 8.65. The van der Waals surface area contributed by atoms with E-state index in [-0.39, 0.29) is 12.7 Å². The quantitative estimate of drug-likeness (QED) is 0.521. The van der Waals surface area contributed by atoms with E-state index in [4.69, 9.17) is 10.2 Å². The van der Waals surface area contributed by atoms with E-state index in [2.05, 4.69) is 0 Å². The fourth-order valence-corrected chi connectivity index (χ4v) is 0.368. The summed E-state index contributed by atoms with van der Waals surface area (Å²) in [6.45, 7) is 1.77. The Labute approximate surface area is 49.5 Å². The molecule has 0 aromatic carbocycles. The normalized spacial score (nSPS) is 14.9. The molecule has 0 rings (SSSR count). The summed E-state index contributed by atoms with van der Waals surface area (Å²) in [7, 11) is 0. The minimum absolute atomic E-state index is 0.0622. The Morgan fingerprint density at radius 2 is 2.12 bits per heavy atom. The van der Waals surface area contributed by atoms with Crippen LogP contribution < -0.4 is 0 Å². The molecular weight excluding hydrogens is 104 g/mol. The van der Waals surface area contributed by atoms with E-state index in [1.165, 1.54) is 0 Å². The van der Waals surface area contributed by atoms with Crippen molar-refractivity contribution in [2.24, 2.45) is 0 Å². The number of hydrogen-bond acceptors (Lipinski definition) is 2. The van der Waals surface area contributed by atoms with Gasteiger partial charge >= 0.3 is 0 Å². The summed E-state index contributed by atoms with van der Waals surface area (Å²) >= 11 is 0. The molecule has 1 atom stereocenters. The van der Waals surface area contributed by atoms with E-state index in [0.29, 0.717) is 6.42 Å². The minimum Gasteiger partial charge on any atom is -0.393 e. The highest BCUT2D eigenvalue weighted by Crippen LogP contribution is 1.88. The second kappa shape index (κ2) is 4.81. The van der Waals surface area contributed by atoms with Gasteiger partial charge in [-0.05, 0) is 13.3 Å². The summed E-state index contributed by atoms with van der Waals surface area (Å²) in [6, 6.07) is 0. The Hall–Kier alpha value is -0.340. The Morgan fingerprint density at radius 3 is 2.50 bits per heavy atom. The Balaban J connectivity index is 3.03. The van der Waals surface area contributed by atoms with Gasteiger partial charge in [-0.15, -0.1) is 0 Å². The van der Waals surface area contributed by atoms with E-state index in [0.717, 1.165) is 0 Å². The molecule has 0 aliphatic carbocycles.